The predicted octanol–water partition coefficient (Wildman–Crippen LogP) is 4.22. The molecule has 2 aromatic heterocycles. The summed E-state index contributed by atoms with van der Waals surface area (Å²) in [4.78, 5) is 6.59. The van der Waals surface area contributed by atoms with Crippen molar-refractivity contribution in [2.75, 3.05) is 31.1 Å². The second-order valence-corrected chi connectivity index (χ2v) is 8.27. The monoisotopic (exact) mass is 462 g/mol. The standard InChI is InChI=1S/C25H21F3N6/c1-14-23-24(18-5-4-17(12-21(18)28)34-8-6-30-7-9-34)19(13-29)22(31-25(23)33-32-14)10-15-2-3-16(26)11-20(15)27/h2-5,11-12,30H,6-10H2,1H3,(H,31,32,33). The molecule has 0 amide bonds. The number of hydrogen-bond donors (Lipinski definition) is 2. The van der Waals surface area contributed by atoms with Crippen molar-refractivity contribution in [2.24, 2.45) is 0 Å². The lowest BCUT2D eigenvalue weighted by Gasteiger charge is -2.29. The molecule has 1 saturated heterocycles. The number of rotatable bonds is 4. The Kier molecular flexibility index (Phi) is 5.67. The topological polar surface area (TPSA) is 80.6 Å². The smallest absolute Gasteiger partial charge is 0.156 e. The molecule has 1 aliphatic rings. The van der Waals surface area contributed by atoms with E-state index in [0.717, 1.165) is 44.0 Å². The van der Waals surface area contributed by atoms with Crippen LogP contribution in [-0.2, 0) is 6.42 Å². The van der Waals surface area contributed by atoms with Gasteiger partial charge in [0.15, 0.2) is 5.65 Å². The van der Waals surface area contributed by atoms with Gasteiger partial charge in [0.05, 0.1) is 22.3 Å². The van der Waals surface area contributed by atoms with E-state index in [0.29, 0.717) is 22.3 Å². The molecule has 0 unspecified atom stereocenters. The summed E-state index contributed by atoms with van der Waals surface area (Å²) in [6.45, 7) is 4.94. The Balaban J connectivity index is 1.67. The summed E-state index contributed by atoms with van der Waals surface area (Å²) in [6.07, 6.45) is -0.0590. The SMILES string of the molecule is Cc1n[nH]c2nc(Cc3ccc(F)cc3F)c(C#N)c(-c3ccc(N4CCNCC4)cc3F)c12. The summed E-state index contributed by atoms with van der Waals surface area (Å²) in [7, 11) is 0. The molecule has 1 fully saturated rings. The van der Waals surface area contributed by atoms with Crippen molar-refractivity contribution >= 4 is 16.7 Å². The molecule has 2 aromatic carbocycles. The Hall–Kier alpha value is -3.90. The number of pyridine rings is 1. The van der Waals surface area contributed by atoms with Gasteiger partial charge in [0.1, 0.15) is 23.5 Å². The zero-order valence-electron chi connectivity index (χ0n) is 18.4. The Morgan fingerprint density at radius 1 is 1.06 bits per heavy atom. The molecule has 0 aliphatic carbocycles. The van der Waals surface area contributed by atoms with Gasteiger partial charge in [0, 0.05) is 55.5 Å². The first-order valence-electron chi connectivity index (χ1n) is 10.9. The summed E-state index contributed by atoms with van der Waals surface area (Å²) < 4.78 is 43.3. The molecular formula is C25H21F3N6. The number of nitriles is 1. The minimum atomic E-state index is -0.736. The maximum Gasteiger partial charge on any atom is 0.156 e. The van der Waals surface area contributed by atoms with Crippen molar-refractivity contribution in [3.05, 3.63) is 76.4 Å². The lowest BCUT2D eigenvalue weighted by molar-refractivity contribution is 0.574. The number of nitrogens with zero attached hydrogens (tertiary/aromatic N) is 4. The van der Waals surface area contributed by atoms with Gasteiger partial charge in [0.2, 0.25) is 0 Å². The molecule has 0 saturated carbocycles. The number of benzene rings is 2. The molecule has 6 nitrogen and oxygen atoms in total. The molecular weight excluding hydrogens is 441 g/mol. The number of nitrogens with one attached hydrogen (secondary N) is 2. The molecule has 172 valence electrons. The number of aryl methyl sites for hydroxylation is 1. The molecule has 1 aliphatic heterocycles. The highest BCUT2D eigenvalue weighted by Crippen LogP contribution is 2.37. The molecule has 2 N–H and O–H groups in total. The molecule has 34 heavy (non-hydrogen) atoms. The average Bonchev–Trinajstić information content (AvgIpc) is 3.21. The summed E-state index contributed by atoms with van der Waals surface area (Å²) in [6, 6.07) is 10.4. The molecule has 4 aromatic rings. The van der Waals surface area contributed by atoms with E-state index in [1.54, 1.807) is 13.0 Å². The Morgan fingerprint density at radius 2 is 1.85 bits per heavy atom. The minimum Gasteiger partial charge on any atom is -0.369 e. The lowest BCUT2D eigenvalue weighted by Crippen LogP contribution is -2.43. The first-order chi connectivity index (χ1) is 16.5. The van der Waals surface area contributed by atoms with Crippen LogP contribution in [0.2, 0.25) is 0 Å². The van der Waals surface area contributed by atoms with Crippen LogP contribution in [0.3, 0.4) is 0 Å². The normalized spacial score (nSPS) is 13.9. The predicted molar refractivity (Wildman–Crippen MR) is 123 cm³/mol. The third-order valence-electron chi connectivity index (χ3n) is 6.15. The zero-order valence-corrected chi connectivity index (χ0v) is 18.4. The van der Waals surface area contributed by atoms with E-state index in [4.69, 9.17) is 0 Å². The van der Waals surface area contributed by atoms with Crippen LogP contribution >= 0.6 is 0 Å². The number of fused-ring (bicyclic) bond motifs is 1. The minimum absolute atomic E-state index is 0.0590. The summed E-state index contributed by atoms with van der Waals surface area (Å²) in [5, 5.41) is 20.9. The fraction of sp³-hybridized carbons (Fsp3) is 0.240. The van der Waals surface area contributed by atoms with Crippen LogP contribution in [0.4, 0.5) is 18.9 Å². The van der Waals surface area contributed by atoms with Crippen LogP contribution in [0.25, 0.3) is 22.2 Å². The van der Waals surface area contributed by atoms with E-state index in [1.165, 1.54) is 12.1 Å². The van der Waals surface area contributed by atoms with Crippen LogP contribution in [0, 0.1) is 35.7 Å². The largest absolute Gasteiger partial charge is 0.369 e. The fourth-order valence-electron chi connectivity index (χ4n) is 4.45. The van der Waals surface area contributed by atoms with Gasteiger partial charge < -0.3 is 10.2 Å². The van der Waals surface area contributed by atoms with Gasteiger partial charge in [-0.05, 0) is 36.8 Å². The van der Waals surface area contributed by atoms with Crippen molar-refractivity contribution in [2.45, 2.75) is 13.3 Å². The van der Waals surface area contributed by atoms with E-state index >= 15 is 4.39 Å². The number of anilines is 1. The van der Waals surface area contributed by atoms with Gasteiger partial charge in [0.25, 0.3) is 0 Å². The van der Waals surface area contributed by atoms with Crippen LogP contribution in [0.1, 0.15) is 22.5 Å². The number of aromatic nitrogens is 3. The van der Waals surface area contributed by atoms with Crippen molar-refractivity contribution in [1.82, 2.24) is 20.5 Å². The van der Waals surface area contributed by atoms with E-state index < -0.39 is 17.5 Å². The molecule has 0 bridgehead atoms. The molecule has 0 atom stereocenters. The Morgan fingerprint density at radius 3 is 2.56 bits per heavy atom. The van der Waals surface area contributed by atoms with Crippen LogP contribution in [-0.4, -0.2) is 41.4 Å². The summed E-state index contributed by atoms with van der Waals surface area (Å²) in [5.41, 5.74) is 2.88. The van der Waals surface area contributed by atoms with Crippen LogP contribution in [0.15, 0.2) is 36.4 Å². The summed E-state index contributed by atoms with van der Waals surface area (Å²) >= 11 is 0. The highest BCUT2D eigenvalue weighted by molar-refractivity contribution is 5.98. The van der Waals surface area contributed by atoms with Crippen LogP contribution < -0.4 is 10.2 Å². The number of H-pyrrole nitrogens is 1. The number of hydrogen-bond acceptors (Lipinski definition) is 5. The molecule has 0 radical (unpaired) electrons. The van der Waals surface area contributed by atoms with E-state index in [9.17, 15) is 14.0 Å². The van der Waals surface area contributed by atoms with Crippen molar-refractivity contribution < 1.29 is 13.2 Å². The van der Waals surface area contributed by atoms with Gasteiger partial charge in [-0.3, -0.25) is 5.10 Å². The highest BCUT2D eigenvalue weighted by atomic mass is 19.1. The van der Waals surface area contributed by atoms with Gasteiger partial charge >= 0.3 is 0 Å². The van der Waals surface area contributed by atoms with E-state index in [-0.39, 0.29) is 28.8 Å². The van der Waals surface area contributed by atoms with Crippen molar-refractivity contribution in [3.63, 3.8) is 0 Å². The highest BCUT2D eigenvalue weighted by Gasteiger charge is 2.23. The second-order valence-electron chi connectivity index (χ2n) is 8.27. The maximum absolute atomic E-state index is 15.5. The van der Waals surface area contributed by atoms with Gasteiger partial charge in [-0.1, -0.05) is 6.07 Å². The molecule has 0 spiro atoms. The van der Waals surface area contributed by atoms with Crippen molar-refractivity contribution in [3.8, 4) is 17.2 Å². The van der Waals surface area contributed by atoms with Gasteiger partial charge in [-0.2, -0.15) is 10.4 Å². The molecule has 5 rings (SSSR count). The fourth-order valence-corrected chi connectivity index (χ4v) is 4.45. The van der Waals surface area contributed by atoms with Crippen LogP contribution in [0.5, 0.6) is 0 Å². The number of halogens is 3. The summed E-state index contributed by atoms with van der Waals surface area (Å²) in [5.74, 6) is -1.90. The van der Waals surface area contributed by atoms with Crippen molar-refractivity contribution in [1.29, 1.82) is 5.26 Å². The Bertz CT molecular complexity index is 1430. The second kappa shape index (κ2) is 8.80. The average molecular weight is 462 g/mol. The van der Waals surface area contributed by atoms with Gasteiger partial charge in [-0.25, -0.2) is 18.2 Å². The number of aromatic amines is 1. The van der Waals surface area contributed by atoms with E-state index in [2.05, 4.69) is 31.5 Å². The third kappa shape index (κ3) is 3.86. The molecule has 3 heterocycles. The van der Waals surface area contributed by atoms with E-state index in [1.807, 2.05) is 6.07 Å². The third-order valence-corrected chi connectivity index (χ3v) is 6.15. The Labute approximate surface area is 194 Å². The number of piperazine rings is 1. The lowest BCUT2D eigenvalue weighted by atomic mass is 9.93. The zero-order chi connectivity index (χ0) is 23.8. The first kappa shape index (κ1) is 21.9. The quantitative estimate of drug-likeness (QED) is 0.475. The maximum atomic E-state index is 15.5. The van der Waals surface area contributed by atoms with Gasteiger partial charge in [-0.15, -0.1) is 0 Å². The molecule has 9 heteroatoms. The first-order valence-corrected chi connectivity index (χ1v) is 10.9.